The number of nitrogens with two attached hydrogens (primary N) is 1. The Hall–Kier alpha value is -1.64. The summed E-state index contributed by atoms with van der Waals surface area (Å²) in [4.78, 5) is 3.40. The molecule has 0 saturated heterocycles. The molecule has 3 aliphatic carbocycles. The zero-order chi connectivity index (χ0) is 11.6. The van der Waals surface area contributed by atoms with Crippen molar-refractivity contribution in [2.24, 2.45) is 5.92 Å². The van der Waals surface area contributed by atoms with E-state index >= 15 is 0 Å². The Kier molecular flexibility index (Phi) is 1.64. The first-order chi connectivity index (χ1) is 8.24. The van der Waals surface area contributed by atoms with Crippen LogP contribution < -0.4 is 10.7 Å². The van der Waals surface area contributed by atoms with Gasteiger partial charge in [0.1, 0.15) is 11.2 Å². The highest BCUT2D eigenvalue weighted by Crippen LogP contribution is 2.50. The number of hydrogen-bond acceptors (Lipinski definition) is 1. The van der Waals surface area contributed by atoms with Crippen molar-refractivity contribution < 1.29 is 9.37 Å². The number of hydrogen-bond donors (Lipinski definition) is 1. The number of nitrogen functional groups attached to an aromatic ring is 1. The van der Waals surface area contributed by atoms with Crippen molar-refractivity contribution in [1.29, 1.82) is 0 Å². The minimum atomic E-state index is -0.224. The fourth-order valence-electron chi connectivity index (χ4n) is 3.41. The minimum absolute atomic E-state index is 0.224. The smallest absolute Gasteiger partial charge is 0.216 e. The monoisotopic (exact) mass is 229 g/mol. The molecule has 17 heavy (non-hydrogen) atoms. The van der Waals surface area contributed by atoms with Crippen LogP contribution in [0.3, 0.4) is 0 Å². The summed E-state index contributed by atoms with van der Waals surface area (Å²) in [6.45, 7) is 0. The Bertz CT molecular complexity index is 630. The molecule has 0 spiro atoms. The van der Waals surface area contributed by atoms with Crippen LogP contribution in [0.15, 0.2) is 18.2 Å². The summed E-state index contributed by atoms with van der Waals surface area (Å²) in [5.41, 5.74) is 10.1. The van der Waals surface area contributed by atoms with Gasteiger partial charge in [0.2, 0.25) is 5.52 Å². The number of benzene rings is 1. The van der Waals surface area contributed by atoms with Gasteiger partial charge in [0, 0.05) is 17.5 Å². The molecule has 0 unspecified atom stereocenters. The van der Waals surface area contributed by atoms with E-state index in [1.54, 1.807) is 6.07 Å². The molecule has 5 rings (SSSR count). The standard InChI is InChI=1S/C14H13FN2/c15-10-2-1-3-11-12(10)13(16)9-6-7-4-8(5-7)14(9)17-11/h1-3,7-8H,4-6H2,(H2,16,17)/p+1. The number of aromatic nitrogens is 1. The molecule has 0 aliphatic heterocycles. The number of anilines is 1. The second-order valence-electron chi connectivity index (χ2n) is 5.33. The van der Waals surface area contributed by atoms with Crippen molar-refractivity contribution in [3.05, 3.63) is 35.3 Å². The first kappa shape index (κ1) is 9.40. The Morgan fingerprint density at radius 1 is 1.29 bits per heavy atom. The summed E-state index contributed by atoms with van der Waals surface area (Å²) in [7, 11) is 0. The fraction of sp³-hybridized carbons (Fsp3) is 0.357. The zero-order valence-electron chi connectivity index (χ0n) is 9.46. The predicted molar refractivity (Wildman–Crippen MR) is 64.0 cm³/mol. The van der Waals surface area contributed by atoms with Gasteiger partial charge in [-0.2, -0.15) is 0 Å². The van der Waals surface area contributed by atoms with Crippen LogP contribution in [0.2, 0.25) is 0 Å². The highest BCUT2D eigenvalue weighted by atomic mass is 19.1. The molecular weight excluding hydrogens is 215 g/mol. The molecular formula is C14H14FN2+. The van der Waals surface area contributed by atoms with Crippen LogP contribution in [0.4, 0.5) is 10.1 Å². The maximum Gasteiger partial charge on any atom is 0.216 e. The third kappa shape index (κ3) is 1.11. The second-order valence-corrected chi connectivity index (χ2v) is 5.33. The molecule has 1 aromatic carbocycles. The lowest BCUT2D eigenvalue weighted by molar-refractivity contribution is -0.366. The van der Waals surface area contributed by atoms with Crippen LogP contribution in [0.5, 0.6) is 0 Å². The first-order valence-electron chi connectivity index (χ1n) is 6.16. The lowest BCUT2D eigenvalue weighted by Gasteiger charge is -2.39. The summed E-state index contributed by atoms with van der Waals surface area (Å²) in [5.74, 6) is 1.17. The van der Waals surface area contributed by atoms with Crippen molar-refractivity contribution in [1.82, 2.24) is 0 Å². The topological polar surface area (TPSA) is 40.2 Å². The Morgan fingerprint density at radius 2 is 2.12 bits per heavy atom. The Balaban J connectivity index is 2.10. The Morgan fingerprint density at radius 3 is 2.94 bits per heavy atom. The summed E-state index contributed by atoms with van der Waals surface area (Å²) in [5, 5.41) is 0.563. The maximum atomic E-state index is 13.8. The van der Waals surface area contributed by atoms with Crippen LogP contribution in [0, 0.1) is 11.7 Å². The van der Waals surface area contributed by atoms with E-state index in [0.29, 0.717) is 17.0 Å². The van der Waals surface area contributed by atoms with E-state index in [0.717, 1.165) is 23.4 Å². The number of H-pyrrole nitrogens is 1. The van der Waals surface area contributed by atoms with Gasteiger partial charge >= 0.3 is 0 Å². The van der Waals surface area contributed by atoms with E-state index in [4.69, 9.17) is 5.73 Å². The third-order valence-electron chi connectivity index (χ3n) is 4.34. The average molecular weight is 229 g/mol. The fourth-order valence-corrected chi connectivity index (χ4v) is 3.41. The molecule has 0 amide bonds. The molecule has 2 bridgehead atoms. The van der Waals surface area contributed by atoms with Gasteiger partial charge in [-0.15, -0.1) is 0 Å². The third-order valence-corrected chi connectivity index (χ3v) is 4.34. The molecule has 1 aromatic heterocycles. The van der Waals surface area contributed by atoms with Crippen LogP contribution in [0.25, 0.3) is 10.9 Å². The van der Waals surface area contributed by atoms with Crippen LogP contribution >= 0.6 is 0 Å². The van der Waals surface area contributed by atoms with Gasteiger partial charge in [-0.3, -0.25) is 0 Å². The normalized spacial score (nSPS) is 25.5. The molecule has 0 atom stereocenters. The molecule has 2 aromatic rings. The molecule has 1 heterocycles. The van der Waals surface area contributed by atoms with E-state index in [9.17, 15) is 4.39 Å². The van der Waals surface area contributed by atoms with E-state index in [2.05, 4.69) is 4.98 Å². The SMILES string of the molecule is Nc1c2c([nH+]c3cccc(F)c13)C1CC(C2)C1. The highest BCUT2D eigenvalue weighted by Gasteiger charge is 2.43. The number of aromatic amines is 1. The lowest BCUT2D eigenvalue weighted by Crippen LogP contribution is -2.37. The second kappa shape index (κ2) is 2.97. The number of pyridine rings is 1. The van der Waals surface area contributed by atoms with Crippen LogP contribution in [-0.2, 0) is 6.42 Å². The van der Waals surface area contributed by atoms with E-state index in [-0.39, 0.29) is 5.82 Å². The van der Waals surface area contributed by atoms with Gasteiger partial charge in [0.05, 0.1) is 5.69 Å². The molecule has 0 radical (unpaired) electrons. The highest BCUT2D eigenvalue weighted by molar-refractivity contribution is 5.90. The summed E-state index contributed by atoms with van der Waals surface area (Å²) in [6, 6.07) is 5.11. The number of fused-ring (bicyclic) bond motifs is 1. The zero-order valence-corrected chi connectivity index (χ0v) is 9.46. The molecule has 3 N–H and O–H groups in total. The van der Waals surface area contributed by atoms with Crippen molar-refractivity contribution in [2.75, 3.05) is 5.73 Å². The van der Waals surface area contributed by atoms with Gasteiger partial charge < -0.3 is 5.73 Å². The van der Waals surface area contributed by atoms with E-state index < -0.39 is 0 Å². The van der Waals surface area contributed by atoms with Gasteiger partial charge in [-0.25, -0.2) is 9.37 Å². The largest absolute Gasteiger partial charge is 0.398 e. The number of rotatable bonds is 0. The van der Waals surface area contributed by atoms with Gasteiger partial charge in [-0.1, -0.05) is 6.07 Å². The molecule has 3 aliphatic rings. The molecule has 1 fully saturated rings. The van der Waals surface area contributed by atoms with Gasteiger partial charge in [0.15, 0.2) is 5.69 Å². The summed E-state index contributed by atoms with van der Waals surface area (Å²) < 4.78 is 13.8. The average Bonchev–Trinajstić information content (AvgIpc) is 2.27. The summed E-state index contributed by atoms with van der Waals surface area (Å²) in [6.07, 6.45) is 3.55. The first-order valence-corrected chi connectivity index (χ1v) is 6.16. The Labute approximate surface area is 98.7 Å². The maximum absolute atomic E-state index is 13.8. The number of halogens is 1. The van der Waals surface area contributed by atoms with Gasteiger partial charge in [-0.05, 0) is 31.2 Å². The molecule has 86 valence electrons. The van der Waals surface area contributed by atoms with E-state index in [1.807, 2.05) is 6.07 Å². The predicted octanol–water partition coefficient (Wildman–Crippen LogP) is 2.42. The van der Waals surface area contributed by atoms with Crippen molar-refractivity contribution in [3.63, 3.8) is 0 Å². The van der Waals surface area contributed by atoms with Crippen molar-refractivity contribution in [3.8, 4) is 0 Å². The van der Waals surface area contributed by atoms with E-state index in [1.165, 1.54) is 24.6 Å². The quantitative estimate of drug-likeness (QED) is 0.740. The molecule has 3 heteroatoms. The minimum Gasteiger partial charge on any atom is -0.398 e. The van der Waals surface area contributed by atoms with Crippen molar-refractivity contribution >= 4 is 16.6 Å². The lowest BCUT2D eigenvalue weighted by atomic mass is 9.64. The van der Waals surface area contributed by atoms with Crippen LogP contribution in [0.1, 0.15) is 30.0 Å². The van der Waals surface area contributed by atoms with Crippen LogP contribution in [-0.4, -0.2) is 0 Å². The number of nitrogens with one attached hydrogen (secondary N) is 1. The van der Waals surface area contributed by atoms with Crippen molar-refractivity contribution in [2.45, 2.75) is 25.2 Å². The van der Waals surface area contributed by atoms with Gasteiger partial charge in [0.25, 0.3) is 0 Å². The summed E-state index contributed by atoms with van der Waals surface area (Å²) >= 11 is 0. The molecule has 1 saturated carbocycles. The molecule has 2 nitrogen and oxygen atoms in total.